The van der Waals surface area contributed by atoms with Gasteiger partial charge in [-0.05, 0) is 30.0 Å². The van der Waals surface area contributed by atoms with E-state index in [1.807, 2.05) is 18.2 Å². The molecule has 5 heteroatoms. The maximum Gasteiger partial charge on any atom is 0.270 e. The van der Waals surface area contributed by atoms with Crippen LogP contribution in [0.25, 0.3) is 6.08 Å². The van der Waals surface area contributed by atoms with Crippen LogP contribution in [0.1, 0.15) is 17.5 Å². The Morgan fingerprint density at radius 2 is 1.91 bits per heavy atom. The molecule has 1 amide bonds. The van der Waals surface area contributed by atoms with Gasteiger partial charge >= 0.3 is 0 Å². The molecule has 2 aromatic carbocycles. The number of amides is 1. The minimum Gasteiger partial charge on any atom is -0.353 e. The van der Waals surface area contributed by atoms with Crippen molar-refractivity contribution in [2.75, 3.05) is 6.54 Å². The normalized spacial score (nSPS) is 10.6. The van der Waals surface area contributed by atoms with Crippen molar-refractivity contribution in [3.63, 3.8) is 0 Å². The van der Waals surface area contributed by atoms with Crippen molar-refractivity contribution in [1.29, 1.82) is 0 Å². The first-order valence-electron chi connectivity index (χ1n) is 7.39. The lowest BCUT2D eigenvalue weighted by Gasteiger charge is -2.02. The SMILES string of the molecule is O=C(/C=C/c1cccc([N+](=O)[O-])c1)NCCCc1ccccc1. The molecule has 0 radical (unpaired) electrons. The Bertz CT molecular complexity index is 696. The minimum absolute atomic E-state index is 0.00965. The lowest BCUT2D eigenvalue weighted by atomic mass is 10.1. The fourth-order valence-electron chi connectivity index (χ4n) is 2.12. The smallest absolute Gasteiger partial charge is 0.270 e. The molecule has 0 unspecified atom stereocenters. The maximum absolute atomic E-state index is 11.7. The second kappa shape index (κ2) is 8.48. The zero-order valence-electron chi connectivity index (χ0n) is 12.6. The summed E-state index contributed by atoms with van der Waals surface area (Å²) in [5.74, 6) is -0.204. The van der Waals surface area contributed by atoms with Crippen LogP contribution in [0.15, 0.2) is 60.7 Å². The Morgan fingerprint density at radius 3 is 2.65 bits per heavy atom. The number of aryl methyl sites for hydroxylation is 1. The second-order valence-corrected chi connectivity index (χ2v) is 5.07. The molecule has 0 spiro atoms. The van der Waals surface area contributed by atoms with E-state index in [0.717, 1.165) is 12.8 Å². The van der Waals surface area contributed by atoms with Gasteiger partial charge in [-0.15, -0.1) is 0 Å². The number of rotatable bonds is 7. The highest BCUT2D eigenvalue weighted by Crippen LogP contribution is 2.13. The van der Waals surface area contributed by atoms with Crippen molar-refractivity contribution in [3.8, 4) is 0 Å². The molecule has 0 aliphatic rings. The molecule has 2 rings (SSSR count). The Kier molecular flexibility index (Phi) is 6.06. The van der Waals surface area contributed by atoms with E-state index in [1.165, 1.54) is 23.8 Å². The maximum atomic E-state index is 11.7. The number of non-ortho nitro benzene ring substituents is 1. The largest absolute Gasteiger partial charge is 0.353 e. The topological polar surface area (TPSA) is 72.2 Å². The molecule has 23 heavy (non-hydrogen) atoms. The molecule has 0 saturated carbocycles. The zero-order valence-corrected chi connectivity index (χ0v) is 12.6. The number of nitrogens with zero attached hydrogens (tertiary/aromatic N) is 1. The van der Waals surface area contributed by atoms with Gasteiger partial charge in [0.15, 0.2) is 0 Å². The summed E-state index contributed by atoms with van der Waals surface area (Å²) in [4.78, 5) is 21.9. The van der Waals surface area contributed by atoms with E-state index in [4.69, 9.17) is 0 Å². The molecule has 0 aliphatic carbocycles. The van der Waals surface area contributed by atoms with Crippen molar-refractivity contribution in [1.82, 2.24) is 5.32 Å². The summed E-state index contributed by atoms with van der Waals surface area (Å²) in [5, 5.41) is 13.5. The van der Waals surface area contributed by atoms with E-state index in [0.29, 0.717) is 12.1 Å². The van der Waals surface area contributed by atoms with E-state index in [2.05, 4.69) is 17.4 Å². The molecule has 0 fully saturated rings. The Hall–Kier alpha value is -2.95. The highest BCUT2D eigenvalue weighted by molar-refractivity contribution is 5.91. The van der Waals surface area contributed by atoms with Crippen molar-refractivity contribution < 1.29 is 9.72 Å². The predicted molar refractivity (Wildman–Crippen MR) is 89.9 cm³/mol. The molecule has 1 N–H and O–H groups in total. The molecular weight excluding hydrogens is 292 g/mol. The summed E-state index contributed by atoms with van der Waals surface area (Å²) in [6, 6.07) is 16.2. The number of nitro benzene ring substituents is 1. The third kappa shape index (κ3) is 5.74. The molecule has 118 valence electrons. The summed E-state index contributed by atoms with van der Waals surface area (Å²) >= 11 is 0. The average Bonchev–Trinajstić information content (AvgIpc) is 2.58. The van der Waals surface area contributed by atoms with Crippen LogP contribution in [-0.4, -0.2) is 17.4 Å². The van der Waals surface area contributed by atoms with E-state index >= 15 is 0 Å². The number of hydrogen-bond acceptors (Lipinski definition) is 3. The zero-order chi connectivity index (χ0) is 16.5. The van der Waals surface area contributed by atoms with Gasteiger partial charge in [-0.25, -0.2) is 0 Å². The van der Waals surface area contributed by atoms with Gasteiger partial charge in [0, 0.05) is 24.8 Å². The molecule has 0 aromatic heterocycles. The molecule has 0 aliphatic heterocycles. The van der Waals surface area contributed by atoms with Gasteiger partial charge in [0.1, 0.15) is 0 Å². The molecule has 0 saturated heterocycles. The van der Waals surface area contributed by atoms with Gasteiger partial charge in [-0.2, -0.15) is 0 Å². The van der Waals surface area contributed by atoms with Crippen LogP contribution in [0, 0.1) is 10.1 Å². The van der Waals surface area contributed by atoms with Crippen LogP contribution >= 0.6 is 0 Å². The molecular formula is C18H18N2O3. The summed E-state index contributed by atoms with van der Waals surface area (Å²) in [6.45, 7) is 0.590. The van der Waals surface area contributed by atoms with Gasteiger partial charge in [-0.1, -0.05) is 42.5 Å². The Morgan fingerprint density at radius 1 is 1.13 bits per heavy atom. The number of hydrogen-bond donors (Lipinski definition) is 1. The third-order valence-electron chi connectivity index (χ3n) is 3.29. The summed E-state index contributed by atoms with van der Waals surface area (Å²) in [6.07, 6.45) is 4.73. The molecule has 0 atom stereocenters. The fraction of sp³-hybridized carbons (Fsp3) is 0.167. The second-order valence-electron chi connectivity index (χ2n) is 5.07. The van der Waals surface area contributed by atoms with Crippen molar-refractivity contribution >= 4 is 17.7 Å². The highest BCUT2D eigenvalue weighted by Gasteiger charge is 2.04. The van der Waals surface area contributed by atoms with Crippen LogP contribution in [0.5, 0.6) is 0 Å². The summed E-state index contributed by atoms with van der Waals surface area (Å²) < 4.78 is 0. The van der Waals surface area contributed by atoms with Crippen LogP contribution in [0.2, 0.25) is 0 Å². The average molecular weight is 310 g/mol. The Balaban J connectivity index is 1.76. The lowest BCUT2D eigenvalue weighted by Crippen LogP contribution is -2.22. The Labute approximate surface area is 134 Å². The fourth-order valence-corrected chi connectivity index (χ4v) is 2.12. The van der Waals surface area contributed by atoms with Crippen LogP contribution in [-0.2, 0) is 11.2 Å². The first-order valence-corrected chi connectivity index (χ1v) is 7.39. The predicted octanol–water partition coefficient (Wildman–Crippen LogP) is 3.36. The third-order valence-corrected chi connectivity index (χ3v) is 3.29. The molecule has 0 bridgehead atoms. The van der Waals surface area contributed by atoms with Crippen LogP contribution < -0.4 is 5.32 Å². The van der Waals surface area contributed by atoms with E-state index < -0.39 is 4.92 Å². The van der Waals surface area contributed by atoms with Gasteiger partial charge in [-0.3, -0.25) is 14.9 Å². The van der Waals surface area contributed by atoms with Gasteiger partial charge < -0.3 is 5.32 Å². The van der Waals surface area contributed by atoms with Crippen molar-refractivity contribution in [3.05, 3.63) is 81.9 Å². The van der Waals surface area contributed by atoms with E-state index in [-0.39, 0.29) is 11.6 Å². The molecule has 5 nitrogen and oxygen atoms in total. The van der Waals surface area contributed by atoms with Crippen molar-refractivity contribution in [2.45, 2.75) is 12.8 Å². The number of benzene rings is 2. The molecule has 0 heterocycles. The number of carbonyl (C=O) groups is 1. The monoisotopic (exact) mass is 310 g/mol. The highest BCUT2D eigenvalue weighted by atomic mass is 16.6. The first-order chi connectivity index (χ1) is 11.1. The van der Waals surface area contributed by atoms with E-state index in [1.54, 1.807) is 18.2 Å². The van der Waals surface area contributed by atoms with Crippen molar-refractivity contribution in [2.24, 2.45) is 0 Å². The van der Waals surface area contributed by atoms with Gasteiger partial charge in [0.25, 0.3) is 5.69 Å². The molecule has 2 aromatic rings. The number of nitro groups is 1. The van der Waals surface area contributed by atoms with Crippen LogP contribution in [0.3, 0.4) is 0 Å². The standard InChI is InChI=1S/C18H18N2O3/c21-18(19-13-5-9-15-6-2-1-3-7-15)12-11-16-8-4-10-17(14-16)20(22)23/h1-4,6-8,10-12,14H,5,9,13H2,(H,19,21)/b12-11+. The quantitative estimate of drug-likeness (QED) is 0.369. The lowest BCUT2D eigenvalue weighted by molar-refractivity contribution is -0.384. The van der Waals surface area contributed by atoms with Crippen LogP contribution in [0.4, 0.5) is 5.69 Å². The first kappa shape index (κ1) is 16.4. The number of carbonyl (C=O) groups excluding carboxylic acids is 1. The minimum atomic E-state index is -0.457. The summed E-state index contributed by atoms with van der Waals surface area (Å²) in [5.41, 5.74) is 1.88. The van der Waals surface area contributed by atoms with Gasteiger partial charge in [0.2, 0.25) is 5.91 Å². The van der Waals surface area contributed by atoms with Gasteiger partial charge in [0.05, 0.1) is 4.92 Å². The summed E-state index contributed by atoms with van der Waals surface area (Å²) in [7, 11) is 0. The van der Waals surface area contributed by atoms with E-state index in [9.17, 15) is 14.9 Å². The number of nitrogens with one attached hydrogen (secondary N) is 1.